The van der Waals surface area contributed by atoms with E-state index in [1.165, 1.54) is 11.8 Å². The molecule has 6 nitrogen and oxygen atoms in total. The van der Waals surface area contributed by atoms with Crippen molar-refractivity contribution in [3.63, 3.8) is 0 Å². The van der Waals surface area contributed by atoms with Crippen LogP contribution in [0.2, 0.25) is 0 Å². The number of rotatable bonds is 8. The zero-order chi connectivity index (χ0) is 18.2. The van der Waals surface area contributed by atoms with E-state index >= 15 is 0 Å². The van der Waals surface area contributed by atoms with Crippen molar-refractivity contribution in [2.24, 2.45) is 0 Å². The van der Waals surface area contributed by atoms with Crippen molar-refractivity contribution < 1.29 is 18.8 Å². The smallest absolute Gasteiger partial charge is 0.316 e. The highest BCUT2D eigenvalue weighted by atomic mass is 32.2. The summed E-state index contributed by atoms with van der Waals surface area (Å²) in [6.45, 7) is 2.39. The number of hydrogen-bond acceptors (Lipinski definition) is 7. The summed E-state index contributed by atoms with van der Waals surface area (Å²) < 4.78 is 15.9. The first-order valence-electron chi connectivity index (χ1n) is 8.14. The lowest BCUT2D eigenvalue weighted by Gasteiger charge is -2.06. The summed E-state index contributed by atoms with van der Waals surface area (Å²) in [7, 11) is 0. The number of para-hydroxylation sites is 1. The van der Waals surface area contributed by atoms with E-state index in [2.05, 4.69) is 10.1 Å². The standard InChI is InChI=1S/C19H18N2O4S/c1-2-23-16-11-7-6-10-15(16)19-20-17(25-21-19)12-24-18(22)13-26-14-8-4-3-5-9-14/h3-11H,2,12-13H2,1H3. The molecule has 0 fully saturated rings. The predicted octanol–water partition coefficient (Wildman–Crippen LogP) is 3.97. The fraction of sp³-hybridized carbons (Fsp3) is 0.211. The van der Waals surface area contributed by atoms with Crippen molar-refractivity contribution in [1.82, 2.24) is 10.1 Å². The van der Waals surface area contributed by atoms with Gasteiger partial charge in [0, 0.05) is 4.90 Å². The lowest BCUT2D eigenvalue weighted by Crippen LogP contribution is -2.07. The van der Waals surface area contributed by atoms with Gasteiger partial charge in [0.2, 0.25) is 5.82 Å². The van der Waals surface area contributed by atoms with Crippen molar-refractivity contribution in [2.75, 3.05) is 12.4 Å². The molecule has 0 aliphatic rings. The molecule has 0 saturated heterocycles. The fourth-order valence-corrected chi connectivity index (χ4v) is 2.92. The van der Waals surface area contributed by atoms with Crippen LogP contribution in [0.5, 0.6) is 5.75 Å². The number of ether oxygens (including phenoxy) is 2. The van der Waals surface area contributed by atoms with Gasteiger partial charge in [0.1, 0.15) is 5.75 Å². The zero-order valence-electron chi connectivity index (χ0n) is 14.3. The van der Waals surface area contributed by atoms with Gasteiger partial charge in [-0.2, -0.15) is 4.98 Å². The summed E-state index contributed by atoms with van der Waals surface area (Å²) in [5, 5.41) is 3.94. The summed E-state index contributed by atoms with van der Waals surface area (Å²) in [5.74, 6) is 1.20. The molecule has 0 N–H and O–H groups in total. The molecule has 0 unspecified atom stereocenters. The van der Waals surface area contributed by atoms with E-state index < -0.39 is 0 Å². The zero-order valence-corrected chi connectivity index (χ0v) is 15.1. The third kappa shape index (κ3) is 4.86. The van der Waals surface area contributed by atoms with E-state index in [1.54, 1.807) is 0 Å². The number of carbonyl (C=O) groups is 1. The Labute approximate surface area is 155 Å². The Morgan fingerprint density at radius 1 is 1.12 bits per heavy atom. The number of nitrogens with zero attached hydrogens (tertiary/aromatic N) is 2. The maximum absolute atomic E-state index is 11.9. The van der Waals surface area contributed by atoms with Crippen LogP contribution < -0.4 is 4.74 Å². The van der Waals surface area contributed by atoms with Gasteiger partial charge in [-0.1, -0.05) is 35.5 Å². The number of hydrogen-bond donors (Lipinski definition) is 0. The van der Waals surface area contributed by atoms with Gasteiger partial charge in [-0.25, -0.2) is 0 Å². The molecule has 134 valence electrons. The van der Waals surface area contributed by atoms with Crippen LogP contribution in [0.25, 0.3) is 11.4 Å². The highest BCUT2D eigenvalue weighted by Crippen LogP contribution is 2.27. The van der Waals surface area contributed by atoms with Gasteiger partial charge in [0.15, 0.2) is 6.61 Å². The van der Waals surface area contributed by atoms with E-state index in [0.717, 1.165) is 10.5 Å². The Morgan fingerprint density at radius 2 is 1.88 bits per heavy atom. The van der Waals surface area contributed by atoms with Crippen molar-refractivity contribution in [1.29, 1.82) is 0 Å². The van der Waals surface area contributed by atoms with Crippen LogP contribution in [0.3, 0.4) is 0 Å². The second kappa shape index (κ2) is 9.05. The molecule has 7 heteroatoms. The fourth-order valence-electron chi connectivity index (χ4n) is 2.20. The van der Waals surface area contributed by atoms with Crippen LogP contribution in [0.15, 0.2) is 64.0 Å². The first-order valence-corrected chi connectivity index (χ1v) is 9.13. The Bertz CT molecular complexity index is 852. The van der Waals surface area contributed by atoms with Gasteiger partial charge in [-0.15, -0.1) is 11.8 Å². The third-order valence-electron chi connectivity index (χ3n) is 3.35. The molecular weight excluding hydrogens is 352 g/mol. The normalized spacial score (nSPS) is 10.5. The highest BCUT2D eigenvalue weighted by molar-refractivity contribution is 8.00. The maximum atomic E-state index is 11.9. The van der Waals surface area contributed by atoms with Gasteiger partial charge < -0.3 is 14.0 Å². The molecule has 0 amide bonds. The van der Waals surface area contributed by atoms with Gasteiger partial charge >= 0.3 is 5.97 Å². The summed E-state index contributed by atoms with van der Waals surface area (Å²) in [4.78, 5) is 17.1. The van der Waals surface area contributed by atoms with Gasteiger partial charge in [-0.05, 0) is 31.2 Å². The van der Waals surface area contributed by atoms with Crippen molar-refractivity contribution in [3.05, 3.63) is 60.5 Å². The largest absolute Gasteiger partial charge is 0.493 e. The molecule has 3 aromatic rings. The minimum absolute atomic E-state index is 0.0576. The van der Waals surface area contributed by atoms with Crippen molar-refractivity contribution in [2.45, 2.75) is 18.4 Å². The molecule has 0 aliphatic carbocycles. The van der Waals surface area contributed by atoms with Crippen LogP contribution in [0.4, 0.5) is 0 Å². The number of aromatic nitrogens is 2. The lowest BCUT2D eigenvalue weighted by atomic mass is 10.2. The van der Waals surface area contributed by atoms with Gasteiger partial charge in [0.25, 0.3) is 5.89 Å². The highest BCUT2D eigenvalue weighted by Gasteiger charge is 2.14. The van der Waals surface area contributed by atoms with Crippen LogP contribution in [-0.2, 0) is 16.1 Å². The average molecular weight is 370 g/mol. The molecule has 0 saturated carbocycles. The van der Waals surface area contributed by atoms with Crippen LogP contribution >= 0.6 is 11.8 Å². The van der Waals surface area contributed by atoms with E-state index in [9.17, 15) is 4.79 Å². The number of carbonyl (C=O) groups excluding carboxylic acids is 1. The van der Waals surface area contributed by atoms with Gasteiger partial charge in [-0.3, -0.25) is 4.79 Å². The molecule has 1 heterocycles. The SMILES string of the molecule is CCOc1ccccc1-c1noc(COC(=O)CSc2ccccc2)n1. The number of esters is 1. The summed E-state index contributed by atoms with van der Waals surface area (Å²) in [6, 6.07) is 17.1. The first-order chi connectivity index (χ1) is 12.8. The average Bonchev–Trinajstić information content (AvgIpc) is 3.15. The number of thioether (sulfide) groups is 1. The third-order valence-corrected chi connectivity index (χ3v) is 4.34. The Morgan fingerprint density at radius 3 is 2.69 bits per heavy atom. The molecule has 0 spiro atoms. The van der Waals surface area contributed by atoms with E-state index in [0.29, 0.717) is 18.2 Å². The number of benzene rings is 2. The minimum Gasteiger partial charge on any atom is -0.493 e. The van der Waals surface area contributed by atoms with Gasteiger partial charge in [0.05, 0.1) is 17.9 Å². The van der Waals surface area contributed by atoms with Crippen LogP contribution in [-0.4, -0.2) is 28.5 Å². The Balaban J connectivity index is 1.55. The molecule has 1 aromatic heterocycles. The molecule has 0 bridgehead atoms. The first kappa shape index (κ1) is 18.0. The predicted molar refractivity (Wildman–Crippen MR) is 97.9 cm³/mol. The summed E-state index contributed by atoms with van der Waals surface area (Å²) >= 11 is 1.42. The van der Waals surface area contributed by atoms with E-state index in [1.807, 2.05) is 61.5 Å². The molecule has 3 rings (SSSR count). The van der Waals surface area contributed by atoms with Crippen molar-refractivity contribution in [3.8, 4) is 17.1 Å². The van der Waals surface area contributed by atoms with Crippen LogP contribution in [0, 0.1) is 0 Å². The van der Waals surface area contributed by atoms with E-state index in [-0.39, 0.29) is 24.2 Å². The lowest BCUT2D eigenvalue weighted by molar-refractivity contribution is -0.142. The second-order valence-corrected chi connectivity index (χ2v) is 6.25. The summed E-state index contributed by atoms with van der Waals surface area (Å²) in [5.41, 5.74) is 0.732. The topological polar surface area (TPSA) is 74.5 Å². The maximum Gasteiger partial charge on any atom is 0.316 e. The monoisotopic (exact) mass is 370 g/mol. The molecule has 2 aromatic carbocycles. The second-order valence-electron chi connectivity index (χ2n) is 5.20. The summed E-state index contributed by atoms with van der Waals surface area (Å²) in [6.07, 6.45) is 0. The molecule has 0 radical (unpaired) electrons. The quantitative estimate of drug-likeness (QED) is 0.439. The Kier molecular flexibility index (Phi) is 6.27. The minimum atomic E-state index is -0.340. The molecule has 0 atom stereocenters. The van der Waals surface area contributed by atoms with E-state index in [4.69, 9.17) is 14.0 Å². The van der Waals surface area contributed by atoms with Crippen molar-refractivity contribution >= 4 is 17.7 Å². The molecular formula is C19H18N2O4S. The molecule has 26 heavy (non-hydrogen) atoms. The molecule has 0 aliphatic heterocycles. The van der Waals surface area contributed by atoms with Crippen LogP contribution in [0.1, 0.15) is 12.8 Å². The Hall–Kier alpha value is -2.80.